The molecule has 4 heteroatoms. The molecule has 0 saturated carbocycles. The number of rotatable bonds is 5. The van der Waals surface area contributed by atoms with Crippen LogP contribution in [0.3, 0.4) is 0 Å². The second-order valence-corrected chi connectivity index (χ2v) is 5.20. The second kappa shape index (κ2) is 7.01. The van der Waals surface area contributed by atoms with Gasteiger partial charge in [0.05, 0.1) is 13.2 Å². The van der Waals surface area contributed by atoms with Crippen LogP contribution in [-0.2, 0) is 12.8 Å². The van der Waals surface area contributed by atoms with Crippen molar-refractivity contribution in [1.82, 2.24) is 0 Å². The smallest absolute Gasteiger partial charge is 0.164 e. The number of hydrogen-bond donors (Lipinski definition) is 1. The zero-order chi connectivity index (χ0) is 13.7. The highest BCUT2D eigenvalue weighted by atomic mass is 35.5. The molecule has 1 heterocycles. The largest absolute Gasteiger partial charge is 0.489 e. The summed E-state index contributed by atoms with van der Waals surface area (Å²) in [6, 6.07) is 1.90. The molecule has 0 bridgehead atoms. The third kappa shape index (κ3) is 3.34. The van der Waals surface area contributed by atoms with Crippen molar-refractivity contribution in [3.05, 3.63) is 22.2 Å². The van der Waals surface area contributed by atoms with Crippen molar-refractivity contribution in [3.8, 4) is 11.5 Å². The van der Waals surface area contributed by atoms with Crippen molar-refractivity contribution in [2.45, 2.75) is 39.0 Å². The van der Waals surface area contributed by atoms with Crippen LogP contribution in [0.25, 0.3) is 0 Å². The van der Waals surface area contributed by atoms with Gasteiger partial charge in [-0.15, -0.1) is 0 Å². The SMILES string of the molecule is CCc1c(CCCCN)c(Cl)cc2c1OCCCO2. The Kier molecular flexibility index (Phi) is 5.34. The van der Waals surface area contributed by atoms with E-state index in [0.29, 0.717) is 13.2 Å². The lowest BCUT2D eigenvalue weighted by atomic mass is 9.98. The van der Waals surface area contributed by atoms with Gasteiger partial charge in [-0.1, -0.05) is 18.5 Å². The fourth-order valence-corrected chi connectivity index (χ4v) is 2.78. The minimum Gasteiger partial charge on any atom is -0.489 e. The molecule has 2 N–H and O–H groups in total. The Balaban J connectivity index is 2.34. The lowest BCUT2D eigenvalue weighted by Crippen LogP contribution is -2.04. The van der Waals surface area contributed by atoms with E-state index >= 15 is 0 Å². The van der Waals surface area contributed by atoms with Crippen molar-refractivity contribution in [2.24, 2.45) is 5.73 Å². The van der Waals surface area contributed by atoms with Crippen molar-refractivity contribution >= 4 is 11.6 Å². The van der Waals surface area contributed by atoms with Crippen LogP contribution >= 0.6 is 11.6 Å². The van der Waals surface area contributed by atoms with Gasteiger partial charge in [0, 0.05) is 23.1 Å². The van der Waals surface area contributed by atoms with E-state index < -0.39 is 0 Å². The Hall–Kier alpha value is -0.930. The van der Waals surface area contributed by atoms with E-state index in [1.807, 2.05) is 6.07 Å². The zero-order valence-corrected chi connectivity index (χ0v) is 12.3. The van der Waals surface area contributed by atoms with E-state index in [1.165, 1.54) is 11.1 Å². The summed E-state index contributed by atoms with van der Waals surface area (Å²) in [6.45, 7) is 4.26. The molecule has 0 atom stereocenters. The van der Waals surface area contributed by atoms with E-state index in [-0.39, 0.29) is 0 Å². The van der Waals surface area contributed by atoms with Crippen molar-refractivity contribution in [1.29, 1.82) is 0 Å². The molecule has 0 radical (unpaired) electrons. The molecule has 0 unspecified atom stereocenters. The van der Waals surface area contributed by atoms with Gasteiger partial charge in [0.1, 0.15) is 0 Å². The fourth-order valence-electron chi connectivity index (χ4n) is 2.47. The number of halogens is 1. The van der Waals surface area contributed by atoms with Gasteiger partial charge < -0.3 is 15.2 Å². The number of nitrogens with two attached hydrogens (primary N) is 1. The zero-order valence-electron chi connectivity index (χ0n) is 11.5. The molecular formula is C15H22ClNO2. The van der Waals surface area contributed by atoms with Crippen LogP contribution in [0.5, 0.6) is 11.5 Å². The number of unbranched alkanes of at least 4 members (excludes halogenated alkanes) is 1. The van der Waals surface area contributed by atoms with Gasteiger partial charge in [0.2, 0.25) is 0 Å². The second-order valence-electron chi connectivity index (χ2n) is 4.79. The van der Waals surface area contributed by atoms with E-state index in [4.69, 9.17) is 26.8 Å². The number of ether oxygens (including phenoxy) is 2. The molecule has 1 aliphatic heterocycles. The lowest BCUT2D eigenvalue weighted by molar-refractivity contribution is 0.296. The molecule has 1 aromatic rings. The molecule has 0 aromatic heterocycles. The number of benzene rings is 1. The lowest BCUT2D eigenvalue weighted by Gasteiger charge is -2.17. The summed E-state index contributed by atoms with van der Waals surface area (Å²) in [5.41, 5.74) is 7.95. The maximum atomic E-state index is 6.41. The Morgan fingerprint density at radius 1 is 1.21 bits per heavy atom. The Labute approximate surface area is 120 Å². The molecule has 1 aromatic carbocycles. The van der Waals surface area contributed by atoms with E-state index in [0.717, 1.165) is 55.2 Å². The molecule has 1 aliphatic rings. The van der Waals surface area contributed by atoms with E-state index in [2.05, 4.69) is 6.92 Å². The average molecular weight is 284 g/mol. The van der Waals surface area contributed by atoms with Gasteiger partial charge in [-0.25, -0.2) is 0 Å². The number of fused-ring (bicyclic) bond motifs is 1. The van der Waals surface area contributed by atoms with Crippen molar-refractivity contribution < 1.29 is 9.47 Å². The summed E-state index contributed by atoms with van der Waals surface area (Å²) in [5.74, 6) is 1.69. The summed E-state index contributed by atoms with van der Waals surface area (Å²) in [7, 11) is 0. The summed E-state index contributed by atoms with van der Waals surface area (Å²) in [4.78, 5) is 0. The predicted molar refractivity (Wildman–Crippen MR) is 78.4 cm³/mol. The van der Waals surface area contributed by atoms with Gasteiger partial charge in [0.15, 0.2) is 11.5 Å². The normalized spacial score (nSPS) is 14.3. The fraction of sp³-hybridized carbons (Fsp3) is 0.600. The molecule has 0 saturated heterocycles. The van der Waals surface area contributed by atoms with Crippen molar-refractivity contribution in [3.63, 3.8) is 0 Å². The van der Waals surface area contributed by atoms with Crippen LogP contribution < -0.4 is 15.2 Å². The molecule has 2 rings (SSSR count). The van der Waals surface area contributed by atoms with Gasteiger partial charge in [-0.05, 0) is 37.8 Å². The monoisotopic (exact) mass is 283 g/mol. The van der Waals surface area contributed by atoms with Crippen molar-refractivity contribution in [2.75, 3.05) is 19.8 Å². The minimum absolute atomic E-state index is 0.693. The van der Waals surface area contributed by atoms with Crippen LogP contribution in [0.2, 0.25) is 5.02 Å². The van der Waals surface area contributed by atoms with Crippen LogP contribution in [0, 0.1) is 0 Å². The molecule has 0 fully saturated rings. The standard InChI is InChI=1S/C15H22ClNO2/c1-2-11-12(6-3-4-7-17)13(16)10-14-15(11)19-9-5-8-18-14/h10H,2-9,17H2,1H3. The minimum atomic E-state index is 0.693. The maximum Gasteiger partial charge on any atom is 0.164 e. The molecule has 0 amide bonds. The Morgan fingerprint density at radius 3 is 2.74 bits per heavy atom. The maximum absolute atomic E-state index is 6.41. The quantitative estimate of drug-likeness (QED) is 0.843. The highest BCUT2D eigenvalue weighted by molar-refractivity contribution is 6.31. The van der Waals surface area contributed by atoms with Gasteiger partial charge in [0.25, 0.3) is 0 Å². The molecule has 0 spiro atoms. The number of hydrogen-bond acceptors (Lipinski definition) is 3. The summed E-state index contributed by atoms with van der Waals surface area (Å²) in [5, 5.41) is 0.790. The van der Waals surface area contributed by atoms with Crippen LogP contribution in [-0.4, -0.2) is 19.8 Å². The summed E-state index contributed by atoms with van der Waals surface area (Å²) in [6.07, 6.45) is 4.86. The van der Waals surface area contributed by atoms with E-state index in [9.17, 15) is 0 Å². The topological polar surface area (TPSA) is 44.5 Å². The molecular weight excluding hydrogens is 262 g/mol. The molecule has 19 heavy (non-hydrogen) atoms. The van der Waals surface area contributed by atoms with Crippen LogP contribution in [0.15, 0.2) is 6.07 Å². The van der Waals surface area contributed by atoms with E-state index in [1.54, 1.807) is 0 Å². The van der Waals surface area contributed by atoms with Gasteiger partial charge in [-0.3, -0.25) is 0 Å². The highest BCUT2D eigenvalue weighted by Gasteiger charge is 2.20. The molecule has 0 aliphatic carbocycles. The first kappa shape index (κ1) is 14.5. The third-order valence-corrected chi connectivity index (χ3v) is 3.77. The Morgan fingerprint density at radius 2 is 2.00 bits per heavy atom. The van der Waals surface area contributed by atoms with Gasteiger partial charge in [-0.2, -0.15) is 0 Å². The molecule has 3 nitrogen and oxygen atoms in total. The summed E-state index contributed by atoms with van der Waals surface area (Å²) >= 11 is 6.41. The van der Waals surface area contributed by atoms with Crippen LogP contribution in [0.1, 0.15) is 37.3 Å². The van der Waals surface area contributed by atoms with Gasteiger partial charge >= 0.3 is 0 Å². The Bertz CT molecular complexity index is 435. The predicted octanol–water partition coefficient (Wildman–Crippen LogP) is 3.35. The first-order valence-electron chi connectivity index (χ1n) is 7.07. The van der Waals surface area contributed by atoms with Crippen LogP contribution in [0.4, 0.5) is 0 Å². The summed E-state index contributed by atoms with van der Waals surface area (Å²) < 4.78 is 11.6. The first-order chi connectivity index (χ1) is 9.27. The first-order valence-corrected chi connectivity index (χ1v) is 7.45. The third-order valence-electron chi connectivity index (χ3n) is 3.44. The molecule has 106 valence electrons. The highest BCUT2D eigenvalue weighted by Crippen LogP contribution is 2.40. The average Bonchev–Trinajstić information content (AvgIpc) is 2.64.